The monoisotopic (exact) mass is 487 g/mol. The van der Waals surface area contributed by atoms with Crippen LogP contribution in [0, 0.1) is 0 Å². The van der Waals surface area contributed by atoms with Gasteiger partial charge in [0.2, 0.25) is 0 Å². The van der Waals surface area contributed by atoms with Crippen molar-refractivity contribution < 1.29 is 32.5 Å². The van der Waals surface area contributed by atoms with Crippen LogP contribution in [0.3, 0.4) is 0 Å². The van der Waals surface area contributed by atoms with Gasteiger partial charge >= 0.3 is 12.1 Å². The number of nitrogens with one attached hydrogen (secondary N) is 1. The number of esters is 1. The van der Waals surface area contributed by atoms with Gasteiger partial charge in [0, 0.05) is 18.2 Å². The summed E-state index contributed by atoms with van der Waals surface area (Å²) in [5, 5.41) is 13.8. The van der Waals surface area contributed by atoms with Crippen LogP contribution in [0.25, 0.3) is 11.1 Å². The van der Waals surface area contributed by atoms with E-state index in [0.717, 1.165) is 12.1 Å². The van der Waals surface area contributed by atoms with Gasteiger partial charge in [-0.1, -0.05) is 42.5 Å². The average Bonchev–Trinajstić information content (AvgIpc) is 2.86. The van der Waals surface area contributed by atoms with E-state index in [-0.39, 0.29) is 13.0 Å². The van der Waals surface area contributed by atoms with Crippen molar-refractivity contribution >= 4 is 5.97 Å². The van der Waals surface area contributed by atoms with Crippen LogP contribution in [-0.2, 0) is 28.7 Å². The van der Waals surface area contributed by atoms with E-state index in [0.29, 0.717) is 33.6 Å². The van der Waals surface area contributed by atoms with Crippen molar-refractivity contribution in [3.8, 4) is 16.9 Å². The molecule has 2 N–H and O–H groups in total. The number of hydrogen-bond donors (Lipinski definition) is 2. The SMILES string of the molecule is COC(=O)Cc1ccc(OC)c(-c2ccc(C(F)(F)F)cc2CNC(C)C(O)c2ccccc2)c1. The molecular weight excluding hydrogens is 459 g/mol. The van der Waals surface area contributed by atoms with E-state index in [1.807, 2.05) is 18.2 Å². The average molecular weight is 488 g/mol. The minimum absolute atomic E-state index is 0.0159. The first-order valence-electron chi connectivity index (χ1n) is 11.0. The molecule has 0 amide bonds. The van der Waals surface area contributed by atoms with Gasteiger partial charge in [-0.3, -0.25) is 4.79 Å². The zero-order valence-corrected chi connectivity index (χ0v) is 19.7. The Morgan fingerprint density at radius 3 is 2.34 bits per heavy atom. The van der Waals surface area contributed by atoms with E-state index in [4.69, 9.17) is 9.47 Å². The fraction of sp³-hybridized carbons (Fsp3) is 0.296. The molecule has 3 aromatic carbocycles. The number of rotatable bonds is 9. The largest absolute Gasteiger partial charge is 0.496 e. The molecule has 2 atom stereocenters. The van der Waals surface area contributed by atoms with Gasteiger partial charge < -0.3 is 19.9 Å². The Kier molecular flexibility index (Phi) is 8.53. The molecule has 0 saturated heterocycles. The Morgan fingerprint density at radius 2 is 1.71 bits per heavy atom. The molecule has 0 heterocycles. The minimum atomic E-state index is -4.51. The van der Waals surface area contributed by atoms with E-state index in [1.54, 1.807) is 37.3 Å². The van der Waals surface area contributed by atoms with Crippen LogP contribution in [-0.4, -0.2) is 31.3 Å². The lowest BCUT2D eigenvalue weighted by Gasteiger charge is -2.22. The molecule has 0 saturated carbocycles. The second kappa shape index (κ2) is 11.4. The summed E-state index contributed by atoms with van der Waals surface area (Å²) in [7, 11) is 2.76. The molecule has 0 aromatic heterocycles. The number of halogens is 3. The number of alkyl halides is 3. The fourth-order valence-electron chi connectivity index (χ4n) is 3.81. The molecule has 2 unspecified atom stereocenters. The van der Waals surface area contributed by atoms with Gasteiger partial charge in [-0.2, -0.15) is 13.2 Å². The fourth-order valence-corrected chi connectivity index (χ4v) is 3.81. The summed E-state index contributed by atoms with van der Waals surface area (Å²) in [5.74, 6) is 0.0242. The topological polar surface area (TPSA) is 67.8 Å². The highest BCUT2D eigenvalue weighted by atomic mass is 19.4. The molecule has 0 spiro atoms. The maximum atomic E-state index is 13.5. The van der Waals surface area contributed by atoms with E-state index in [9.17, 15) is 23.1 Å². The first-order valence-corrected chi connectivity index (χ1v) is 11.0. The van der Waals surface area contributed by atoms with Crippen molar-refractivity contribution in [2.24, 2.45) is 0 Å². The van der Waals surface area contributed by atoms with Gasteiger partial charge in [0.25, 0.3) is 0 Å². The predicted octanol–water partition coefficient (Wildman–Crippen LogP) is 5.31. The van der Waals surface area contributed by atoms with Gasteiger partial charge in [-0.25, -0.2) is 0 Å². The molecule has 3 aromatic rings. The van der Waals surface area contributed by atoms with Crippen molar-refractivity contribution in [1.82, 2.24) is 5.32 Å². The number of benzene rings is 3. The van der Waals surface area contributed by atoms with Crippen LogP contribution in [0.5, 0.6) is 5.75 Å². The van der Waals surface area contributed by atoms with Crippen LogP contribution < -0.4 is 10.1 Å². The number of carbonyl (C=O) groups is 1. The predicted molar refractivity (Wildman–Crippen MR) is 127 cm³/mol. The molecule has 186 valence electrons. The first-order chi connectivity index (χ1) is 16.6. The van der Waals surface area contributed by atoms with Crippen LogP contribution in [0.1, 0.15) is 35.3 Å². The summed E-state index contributed by atoms with van der Waals surface area (Å²) in [4.78, 5) is 11.8. The van der Waals surface area contributed by atoms with Crippen LogP contribution in [0.4, 0.5) is 13.2 Å². The standard InChI is InChI=1S/C27H28F3NO4/c1-17(26(33)19-7-5-4-6-8-19)31-16-20-15-21(27(28,29)30)10-11-22(20)23-13-18(14-25(32)35-3)9-12-24(23)34-2/h4-13,15,17,26,31,33H,14,16H2,1-3H3. The van der Waals surface area contributed by atoms with Crippen molar-refractivity contribution in [1.29, 1.82) is 0 Å². The summed E-state index contributed by atoms with van der Waals surface area (Å²) in [6.45, 7) is 1.83. The van der Waals surface area contributed by atoms with Crippen LogP contribution in [0.2, 0.25) is 0 Å². The third-order valence-electron chi connectivity index (χ3n) is 5.79. The zero-order chi connectivity index (χ0) is 25.6. The first kappa shape index (κ1) is 26.2. The number of carbonyl (C=O) groups excluding carboxylic acids is 1. The molecule has 0 radical (unpaired) electrons. The Labute approximate surface area is 202 Å². The Hall–Kier alpha value is -3.36. The number of aliphatic hydroxyl groups excluding tert-OH is 1. The van der Waals surface area contributed by atoms with Gasteiger partial charge in [0.05, 0.1) is 32.3 Å². The third-order valence-corrected chi connectivity index (χ3v) is 5.79. The second-order valence-electron chi connectivity index (χ2n) is 8.18. The number of aliphatic hydroxyl groups is 1. The van der Waals surface area contributed by atoms with Gasteiger partial charge in [-0.05, 0) is 53.4 Å². The molecule has 35 heavy (non-hydrogen) atoms. The van der Waals surface area contributed by atoms with Crippen molar-refractivity contribution in [3.63, 3.8) is 0 Å². The molecule has 0 aliphatic heterocycles. The highest BCUT2D eigenvalue weighted by molar-refractivity contribution is 5.77. The molecule has 5 nitrogen and oxygen atoms in total. The molecule has 3 rings (SSSR count). The Balaban J connectivity index is 1.98. The minimum Gasteiger partial charge on any atom is -0.496 e. The summed E-state index contributed by atoms with van der Waals surface area (Å²) in [6.07, 6.45) is -5.34. The van der Waals surface area contributed by atoms with E-state index >= 15 is 0 Å². The number of hydrogen-bond acceptors (Lipinski definition) is 5. The Morgan fingerprint density at radius 1 is 1.00 bits per heavy atom. The molecule has 0 bridgehead atoms. The van der Waals surface area contributed by atoms with E-state index in [1.165, 1.54) is 20.3 Å². The second-order valence-corrected chi connectivity index (χ2v) is 8.18. The van der Waals surface area contributed by atoms with Crippen molar-refractivity contribution in [2.45, 2.75) is 38.2 Å². The van der Waals surface area contributed by atoms with Crippen LogP contribution in [0.15, 0.2) is 66.7 Å². The third kappa shape index (κ3) is 6.61. The van der Waals surface area contributed by atoms with Crippen molar-refractivity contribution in [2.75, 3.05) is 14.2 Å². The molecule has 0 aliphatic rings. The highest BCUT2D eigenvalue weighted by Gasteiger charge is 2.31. The van der Waals surface area contributed by atoms with Crippen molar-refractivity contribution in [3.05, 3.63) is 89.0 Å². The molecule has 8 heteroatoms. The van der Waals surface area contributed by atoms with Gasteiger partial charge in [-0.15, -0.1) is 0 Å². The summed E-state index contributed by atoms with van der Waals surface area (Å²) in [5.41, 5.74) is 2.01. The summed E-state index contributed by atoms with van der Waals surface area (Å²) >= 11 is 0. The number of ether oxygens (including phenoxy) is 2. The maximum Gasteiger partial charge on any atom is 0.416 e. The molecule has 0 aliphatic carbocycles. The van der Waals surface area contributed by atoms with Crippen LogP contribution >= 0.6 is 0 Å². The lowest BCUT2D eigenvalue weighted by atomic mass is 9.94. The van der Waals surface area contributed by atoms with Gasteiger partial charge in [0.15, 0.2) is 0 Å². The Bertz CT molecular complexity index is 1150. The van der Waals surface area contributed by atoms with E-state index in [2.05, 4.69) is 5.32 Å². The maximum absolute atomic E-state index is 13.5. The normalized spacial score (nSPS) is 13.2. The number of methoxy groups -OCH3 is 2. The highest BCUT2D eigenvalue weighted by Crippen LogP contribution is 2.37. The van der Waals surface area contributed by atoms with E-state index < -0.39 is 29.9 Å². The summed E-state index contributed by atoms with van der Waals surface area (Å²) < 4.78 is 50.7. The quantitative estimate of drug-likeness (QED) is 0.401. The molecular formula is C27H28F3NO4. The lowest BCUT2D eigenvalue weighted by Crippen LogP contribution is -2.32. The molecule has 0 fully saturated rings. The zero-order valence-electron chi connectivity index (χ0n) is 19.7. The smallest absolute Gasteiger partial charge is 0.416 e. The lowest BCUT2D eigenvalue weighted by molar-refractivity contribution is -0.140. The van der Waals surface area contributed by atoms with Gasteiger partial charge in [0.1, 0.15) is 5.75 Å². The summed E-state index contributed by atoms with van der Waals surface area (Å²) in [6, 6.07) is 17.2.